The summed E-state index contributed by atoms with van der Waals surface area (Å²) in [4.78, 5) is 24.5. The molecular weight excluding hydrogens is 909 g/mol. The normalized spacial score (nSPS) is 53.3. The Bertz CT molecular complexity index is 1850. The summed E-state index contributed by atoms with van der Waals surface area (Å²) >= 11 is 0. The van der Waals surface area contributed by atoms with Gasteiger partial charge >= 0.3 is 11.9 Å². The van der Waals surface area contributed by atoms with Gasteiger partial charge in [-0.1, -0.05) is 13.8 Å². The molecule has 5 heterocycles. The fourth-order valence-corrected chi connectivity index (χ4v) is 14.7. The molecule has 26 atom stereocenters. The predicted octanol–water partition coefficient (Wildman–Crippen LogP) is 0.613. The van der Waals surface area contributed by atoms with Crippen molar-refractivity contribution in [2.75, 3.05) is 13.2 Å². The van der Waals surface area contributed by atoms with Crippen molar-refractivity contribution in [3.63, 3.8) is 0 Å². The lowest BCUT2D eigenvalue weighted by Crippen LogP contribution is -2.62. The number of carbonyl (C=O) groups is 2. The molecule has 0 spiro atoms. The highest BCUT2D eigenvalue weighted by Gasteiger charge is 2.70. The van der Waals surface area contributed by atoms with E-state index in [1.54, 1.807) is 13.8 Å². The first-order chi connectivity index (χ1) is 32.6. The molecule has 5 aliphatic heterocycles. The van der Waals surface area contributed by atoms with Gasteiger partial charge in [0.1, 0.15) is 55.4 Å². The van der Waals surface area contributed by atoms with Crippen LogP contribution in [0.3, 0.4) is 0 Å². The molecule has 20 nitrogen and oxygen atoms in total. The Kier molecular flexibility index (Phi) is 15.1. The average Bonchev–Trinajstić information content (AvgIpc) is 3.79. The van der Waals surface area contributed by atoms with Gasteiger partial charge in [-0.15, -0.1) is 0 Å². The summed E-state index contributed by atoms with van der Waals surface area (Å²) in [6.07, 6.45) is -10.9. The standard InChI is InChI=1S/C49H76O20/c1-21-43(67-36-16-31(53)44(22(2)62-36)69-46-42(58)41(57)40(56)34(19-50)66-46)30(52)15-37(61-21)68-45-23(3)63-38(17-33(45)64-24(4)51)65-27-9-11-47(5)26(14-27)7-8-29-28(47)10-12-48(6)39(25-13-35(55)60-20-25)32(54)18-49(29,48)59/h13,21-23,26-34,36-46,50,52-54,56-59H,7-12,14-20H2,1-6H3/t21-,22-,23-,26-,27+,28+,29-,30+,31+,32+,33+,34-,36+,37+,38+,39+,40-,41+,42-,43-,44-,45-,46+,47+,48-,49+/m1/s1. The van der Waals surface area contributed by atoms with Crippen LogP contribution in [0.2, 0.25) is 0 Å². The van der Waals surface area contributed by atoms with Crippen LogP contribution in [0.1, 0.15) is 112 Å². The molecule has 4 saturated carbocycles. The zero-order valence-electron chi connectivity index (χ0n) is 40.5. The molecule has 0 aromatic heterocycles. The number of aliphatic hydroxyl groups excluding tert-OH is 7. The zero-order chi connectivity index (χ0) is 49.5. The quantitative estimate of drug-likeness (QED) is 0.104. The topological polar surface area (TPSA) is 288 Å². The molecule has 4 saturated heterocycles. The van der Waals surface area contributed by atoms with E-state index >= 15 is 0 Å². The Morgan fingerprint density at radius 2 is 1.33 bits per heavy atom. The van der Waals surface area contributed by atoms with Crippen molar-refractivity contribution >= 4 is 11.9 Å². The molecule has 8 N–H and O–H groups in total. The summed E-state index contributed by atoms with van der Waals surface area (Å²) in [5.74, 6) is -0.527. The van der Waals surface area contributed by atoms with E-state index in [0.29, 0.717) is 12.3 Å². The first-order valence-electron chi connectivity index (χ1n) is 25.3. The second-order valence-electron chi connectivity index (χ2n) is 22.3. The van der Waals surface area contributed by atoms with Crippen molar-refractivity contribution < 1.29 is 97.8 Å². The molecule has 0 radical (unpaired) electrons. The van der Waals surface area contributed by atoms with Gasteiger partial charge in [0.15, 0.2) is 25.2 Å². The van der Waals surface area contributed by atoms with Crippen molar-refractivity contribution in [1.82, 2.24) is 0 Å². The number of aliphatic hydroxyl groups is 8. The first-order valence-corrected chi connectivity index (χ1v) is 25.3. The number of esters is 2. The van der Waals surface area contributed by atoms with Gasteiger partial charge in [0, 0.05) is 50.0 Å². The van der Waals surface area contributed by atoms with Gasteiger partial charge in [0.2, 0.25) is 0 Å². The number of ether oxygens (including phenoxy) is 10. The third-order valence-electron chi connectivity index (χ3n) is 18.2. The maximum atomic E-state index is 12.7. The van der Waals surface area contributed by atoms with E-state index in [1.807, 2.05) is 6.92 Å². The molecule has 8 fully saturated rings. The number of cyclic esters (lactones) is 1. The van der Waals surface area contributed by atoms with Gasteiger partial charge in [0.25, 0.3) is 0 Å². The number of fused-ring (bicyclic) bond motifs is 5. The number of hydrogen-bond donors (Lipinski definition) is 8. The highest BCUT2D eigenvalue weighted by atomic mass is 16.8. The smallest absolute Gasteiger partial charge is 0.331 e. The van der Waals surface area contributed by atoms with Crippen LogP contribution >= 0.6 is 0 Å². The van der Waals surface area contributed by atoms with Crippen molar-refractivity contribution in [3.05, 3.63) is 11.6 Å². The molecule has 0 aromatic carbocycles. The zero-order valence-corrected chi connectivity index (χ0v) is 40.5. The second kappa shape index (κ2) is 20.0. The number of hydrogen-bond acceptors (Lipinski definition) is 20. The lowest BCUT2D eigenvalue weighted by atomic mass is 9.43. The molecule has 69 heavy (non-hydrogen) atoms. The van der Waals surface area contributed by atoms with Crippen molar-refractivity contribution in [1.29, 1.82) is 0 Å². The second-order valence-corrected chi connectivity index (χ2v) is 22.3. The van der Waals surface area contributed by atoms with E-state index in [1.165, 1.54) is 13.0 Å². The first kappa shape index (κ1) is 51.9. The van der Waals surface area contributed by atoms with Crippen LogP contribution in [0.15, 0.2) is 11.6 Å². The third-order valence-corrected chi connectivity index (χ3v) is 18.2. The number of carbonyl (C=O) groups excluding carboxylic acids is 2. The summed E-state index contributed by atoms with van der Waals surface area (Å²) in [7, 11) is 0. The lowest BCUT2D eigenvalue weighted by Gasteiger charge is -2.63. The van der Waals surface area contributed by atoms with Crippen molar-refractivity contribution in [2.45, 2.75) is 234 Å². The van der Waals surface area contributed by atoms with Crippen molar-refractivity contribution in [3.8, 4) is 0 Å². The van der Waals surface area contributed by atoms with Gasteiger partial charge in [0.05, 0.1) is 54.9 Å². The summed E-state index contributed by atoms with van der Waals surface area (Å²) in [6.45, 7) is 10.5. The highest BCUT2D eigenvalue weighted by Crippen LogP contribution is 2.70. The van der Waals surface area contributed by atoms with Crippen LogP contribution in [0.25, 0.3) is 0 Å². The third kappa shape index (κ3) is 9.59. The minimum atomic E-state index is -1.66. The SMILES string of the molecule is CC(=O)O[C@H]1C[C@H](O[C@H]2CC[C@@]3(C)[C@H](CC[C@@H]4[C@@H]3CC[C@]3(C)[C@@H](C5=CC(=O)OC5)[C@@H](O)C[C@]43O)C2)O[C@H](C)[C@H]1O[C@H]1C[C@H](O)[C@H](O[C@H]2C[C@H](O)[C@H](O[C@@H]3O[C@H](CO)[C@@H](O)[C@H](O)[C@H]3O)[C@@H](C)O2)[C@@H](C)O1. The van der Waals surface area contributed by atoms with E-state index in [-0.39, 0.29) is 61.1 Å². The maximum Gasteiger partial charge on any atom is 0.331 e. The molecule has 0 aromatic rings. The summed E-state index contributed by atoms with van der Waals surface area (Å²) in [5, 5.41) is 86.9. The highest BCUT2D eigenvalue weighted by molar-refractivity contribution is 5.85. The van der Waals surface area contributed by atoms with E-state index in [2.05, 4.69) is 13.8 Å². The van der Waals surface area contributed by atoms with E-state index in [9.17, 15) is 50.4 Å². The Hall–Kier alpha value is -1.96. The molecular formula is C49H76O20. The lowest BCUT2D eigenvalue weighted by molar-refractivity contribution is -0.355. The van der Waals surface area contributed by atoms with Crippen LogP contribution in [0.5, 0.6) is 0 Å². The summed E-state index contributed by atoms with van der Waals surface area (Å²) in [5.41, 5.74) is -0.853. The molecule has 0 unspecified atom stereocenters. The van der Waals surface area contributed by atoms with Crippen LogP contribution in [0.4, 0.5) is 0 Å². The van der Waals surface area contributed by atoms with E-state index < -0.39 is 134 Å². The molecule has 9 rings (SSSR count). The Morgan fingerprint density at radius 3 is 1.94 bits per heavy atom. The average molecular weight is 985 g/mol. The Morgan fingerprint density at radius 1 is 0.710 bits per heavy atom. The number of rotatable bonds is 11. The Balaban J connectivity index is 0.767. The van der Waals surface area contributed by atoms with Crippen molar-refractivity contribution in [2.24, 2.45) is 34.5 Å². The fraction of sp³-hybridized carbons (Fsp3) is 0.918. The van der Waals surface area contributed by atoms with Gasteiger partial charge in [-0.25, -0.2) is 4.79 Å². The summed E-state index contributed by atoms with van der Waals surface area (Å²) < 4.78 is 60.3. The van der Waals surface area contributed by atoms with Gasteiger partial charge in [-0.05, 0) is 94.5 Å². The van der Waals surface area contributed by atoms with Gasteiger partial charge in [-0.2, -0.15) is 0 Å². The molecule has 0 bridgehead atoms. The van der Waals surface area contributed by atoms with Gasteiger partial charge < -0.3 is 88.2 Å². The van der Waals surface area contributed by atoms with Crippen LogP contribution in [-0.2, 0) is 57.0 Å². The van der Waals surface area contributed by atoms with E-state index in [4.69, 9.17) is 47.4 Å². The molecule has 0 amide bonds. The minimum absolute atomic E-state index is 0.00540. The Labute approximate surface area is 402 Å². The van der Waals surface area contributed by atoms with Crippen LogP contribution in [-0.4, -0.2) is 188 Å². The van der Waals surface area contributed by atoms with Crippen LogP contribution < -0.4 is 0 Å². The minimum Gasteiger partial charge on any atom is -0.459 e. The summed E-state index contributed by atoms with van der Waals surface area (Å²) in [6, 6.07) is 0. The molecule has 20 heteroatoms. The maximum absolute atomic E-state index is 12.7. The monoisotopic (exact) mass is 984 g/mol. The molecule has 9 aliphatic rings. The molecule has 392 valence electrons. The van der Waals surface area contributed by atoms with E-state index in [0.717, 1.165) is 50.5 Å². The van der Waals surface area contributed by atoms with Gasteiger partial charge in [-0.3, -0.25) is 4.79 Å². The largest absolute Gasteiger partial charge is 0.459 e. The fourth-order valence-electron chi connectivity index (χ4n) is 14.7. The predicted molar refractivity (Wildman–Crippen MR) is 235 cm³/mol. The van der Waals surface area contributed by atoms with Crippen LogP contribution in [0, 0.1) is 34.5 Å². The molecule has 4 aliphatic carbocycles.